The quantitative estimate of drug-likeness (QED) is 0.396. The molecule has 4 rings (SSSR count). The molecule has 0 saturated carbocycles. The largest absolute Gasteiger partial charge is 0.496 e. The summed E-state index contributed by atoms with van der Waals surface area (Å²) < 4.78 is 5.37. The van der Waals surface area contributed by atoms with Gasteiger partial charge in [0.05, 0.1) is 18.6 Å². The molecule has 0 N–H and O–H groups in total. The number of fused-ring (bicyclic) bond motifs is 1. The molecule has 0 spiro atoms. The highest BCUT2D eigenvalue weighted by molar-refractivity contribution is 7.51. The number of nitrogens with zero attached hydrogens (tertiary/aromatic N) is 3. The van der Waals surface area contributed by atoms with Crippen molar-refractivity contribution in [3.8, 4) is 5.75 Å². The minimum absolute atomic E-state index is 0.0755. The smallest absolute Gasteiger partial charge is 0.252 e. The third-order valence-corrected chi connectivity index (χ3v) is 8.17. The molecular weight excluding hydrogens is 465 g/mol. The monoisotopic (exact) mass is 513 g/mol. The molecule has 3 heterocycles. The van der Waals surface area contributed by atoms with Crippen molar-refractivity contribution in [1.82, 2.24) is 14.7 Å². The lowest BCUT2D eigenvalue weighted by Gasteiger charge is -2.39. The van der Waals surface area contributed by atoms with Gasteiger partial charge in [-0.2, -0.15) is 0 Å². The van der Waals surface area contributed by atoms with E-state index < -0.39 is 0 Å². The van der Waals surface area contributed by atoms with E-state index in [1.807, 2.05) is 37.8 Å². The fourth-order valence-electron chi connectivity index (χ4n) is 4.56. The molecule has 0 aliphatic carbocycles. The number of hydrogen-bond donors (Lipinski definition) is 0. The molecule has 0 bridgehead atoms. The molecule has 1 saturated heterocycles. The second-order valence-corrected chi connectivity index (χ2v) is 11.1. The van der Waals surface area contributed by atoms with Gasteiger partial charge in [-0.1, -0.05) is 61.3 Å². The van der Waals surface area contributed by atoms with E-state index in [2.05, 4.69) is 68.2 Å². The lowest BCUT2D eigenvalue weighted by Crippen LogP contribution is -2.40. The highest BCUT2D eigenvalue weighted by Crippen LogP contribution is 2.45. The molecule has 1 aromatic carbocycles. The fraction of sp³-hybridized carbons (Fsp3) is 0.567. The summed E-state index contributed by atoms with van der Waals surface area (Å²) in [6, 6.07) is 6.16. The number of methoxy groups -OCH3 is 1. The van der Waals surface area contributed by atoms with Crippen LogP contribution in [0.25, 0.3) is 5.31 Å². The van der Waals surface area contributed by atoms with Crippen LogP contribution in [0.2, 0.25) is 0 Å². The highest BCUT2D eigenvalue weighted by Gasteiger charge is 2.30. The number of amides is 1. The Kier molecular flexibility index (Phi) is 12.7. The SMILES string of the molecule is CC.CCCC.COc1ccc(C2=CC(=O)N3C=C(N4CCC(CN(C)C)CC4)C=CC3P2)cc1C. The Morgan fingerprint density at radius 3 is 2.33 bits per heavy atom. The molecule has 0 radical (unpaired) electrons. The van der Waals surface area contributed by atoms with Crippen molar-refractivity contribution < 1.29 is 9.53 Å². The predicted molar refractivity (Wildman–Crippen MR) is 157 cm³/mol. The van der Waals surface area contributed by atoms with Crippen molar-refractivity contribution in [2.75, 3.05) is 40.8 Å². The molecule has 5 nitrogen and oxygen atoms in total. The summed E-state index contributed by atoms with van der Waals surface area (Å²) in [5, 5.41) is 1.12. The van der Waals surface area contributed by atoms with Crippen LogP contribution in [0, 0.1) is 12.8 Å². The predicted octanol–water partition coefficient (Wildman–Crippen LogP) is 6.71. The zero-order valence-corrected chi connectivity index (χ0v) is 24.8. The Hall–Kier alpha value is -2.10. The van der Waals surface area contributed by atoms with Gasteiger partial charge in [0.2, 0.25) is 0 Å². The Bertz CT molecular complexity index is 928. The number of aryl methyl sites for hydroxylation is 1. The number of rotatable bonds is 6. The summed E-state index contributed by atoms with van der Waals surface area (Å²) in [5.74, 6) is 1.85. The van der Waals surface area contributed by atoms with Gasteiger partial charge in [0.1, 0.15) is 5.75 Å². The van der Waals surface area contributed by atoms with Gasteiger partial charge in [-0.3, -0.25) is 4.79 Å². The summed E-state index contributed by atoms with van der Waals surface area (Å²) in [6.45, 7) is 13.7. The lowest BCUT2D eigenvalue weighted by atomic mass is 9.96. The second-order valence-electron chi connectivity index (χ2n) is 9.68. The molecule has 200 valence electrons. The number of carbonyl (C=O) groups is 1. The number of ether oxygens (including phenoxy) is 1. The summed E-state index contributed by atoms with van der Waals surface area (Å²) >= 11 is 0. The molecule has 0 aromatic heterocycles. The minimum atomic E-state index is 0.0755. The minimum Gasteiger partial charge on any atom is -0.496 e. The van der Waals surface area contributed by atoms with Gasteiger partial charge >= 0.3 is 0 Å². The Morgan fingerprint density at radius 2 is 1.78 bits per heavy atom. The molecule has 1 amide bonds. The number of unbranched alkanes of at least 4 members (excludes halogenated alkanes) is 1. The van der Waals surface area contributed by atoms with Gasteiger partial charge < -0.3 is 19.4 Å². The van der Waals surface area contributed by atoms with Crippen LogP contribution in [0.4, 0.5) is 0 Å². The normalized spacial score (nSPS) is 20.1. The molecule has 1 aromatic rings. The number of allylic oxidation sites excluding steroid dienone is 1. The van der Waals surface area contributed by atoms with Crippen molar-refractivity contribution in [1.29, 1.82) is 0 Å². The standard InChI is InChI=1S/C24H32N3O2P.C4H10.C2H6/c1-17-13-19(5-7-21(17)29-4)22-14-23(28)27-16-20(6-8-24(27)30-22)26-11-9-18(10-12-26)15-25(2)3;1-3-4-2;1-2/h5-8,13-14,16,18,24,30H,9-12,15H2,1-4H3;3-4H2,1-2H3;1-2H3. The first kappa shape index (κ1) is 30.1. The van der Waals surface area contributed by atoms with E-state index in [1.54, 1.807) is 7.11 Å². The van der Waals surface area contributed by atoms with E-state index in [-0.39, 0.29) is 11.7 Å². The van der Waals surface area contributed by atoms with Crippen LogP contribution in [0.15, 0.2) is 48.3 Å². The zero-order chi connectivity index (χ0) is 26.7. The van der Waals surface area contributed by atoms with Gasteiger partial charge in [-0.25, -0.2) is 0 Å². The first-order valence-corrected chi connectivity index (χ1v) is 14.7. The molecular formula is C30H48N3O2P. The first-order chi connectivity index (χ1) is 17.4. The number of carbonyl (C=O) groups excluding carboxylic acids is 1. The van der Waals surface area contributed by atoms with Crippen molar-refractivity contribution >= 4 is 19.8 Å². The third-order valence-electron chi connectivity index (χ3n) is 6.65. The lowest BCUT2D eigenvalue weighted by molar-refractivity contribution is -0.123. The molecule has 6 heteroatoms. The van der Waals surface area contributed by atoms with Crippen LogP contribution >= 0.6 is 8.58 Å². The van der Waals surface area contributed by atoms with E-state index in [0.717, 1.165) is 47.7 Å². The zero-order valence-electron chi connectivity index (χ0n) is 23.8. The van der Waals surface area contributed by atoms with E-state index in [1.165, 1.54) is 31.4 Å². The molecule has 3 aliphatic heterocycles. The molecule has 2 atom stereocenters. The van der Waals surface area contributed by atoms with E-state index >= 15 is 0 Å². The van der Waals surface area contributed by atoms with E-state index in [9.17, 15) is 4.79 Å². The van der Waals surface area contributed by atoms with E-state index in [4.69, 9.17) is 4.74 Å². The van der Waals surface area contributed by atoms with Gasteiger partial charge in [0.25, 0.3) is 5.91 Å². The second kappa shape index (κ2) is 15.2. The van der Waals surface area contributed by atoms with Crippen LogP contribution in [0.5, 0.6) is 5.75 Å². The number of piperidine rings is 1. The molecule has 2 unspecified atom stereocenters. The van der Waals surface area contributed by atoms with Crippen LogP contribution in [0.3, 0.4) is 0 Å². The number of hydrogen-bond acceptors (Lipinski definition) is 4. The van der Waals surface area contributed by atoms with Crippen LogP contribution in [0.1, 0.15) is 64.5 Å². The van der Waals surface area contributed by atoms with Gasteiger partial charge in [0.15, 0.2) is 0 Å². The summed E-state index contributed by atoms with van der Waals surface area (Å²) in [4.78, 5) is 19.6. The maximum atomic E-state index is 12.9. The van der Waals surface area contributed by atoms with Crippen molar-refractivity contribution in [2.45, 2.75) is 66.1 Å². The van der Waals surface area contributed by atoms with Crippen LogP contribution < -0.4 is 4.74 Å². The summed E-state index contributed by atoms with van der Waals surface area (Å²) in [6.07, 6.45) is 13.4. The topological polar surface area (TPSA) is 36.0 Å². The number of benzene rings is 1. The average molecular weight is 514 g/mol. The van der Waals surface area contributed by atoms with Gasteiger partial charge in [0, 0.05) is 31.9 Å². The fourth-order valence-corrected chi connectivity index (χ4v) is 5.94. The van der Waals surface area contributed by atoms with Crippen LogP contribution in [-0.2, 0) is 4.79 Å². The van der Waals surface area contributed by atoms with Gasteiger partial charge in [-0.05, 0) is 74.4 Å². The maximum Gasteiger partial charge on any atom is 0.252 e. The Morgan fingerprint density at radius 1 is 1.11 bits per heavy atom. The molecule has 1 fully saturated rings. The highest BCUT2D eigenvalue weighted by atomic mass is 31.1. The van der Waals surface area contributed by atoms with Crippen molar-refractivity contribution in [2.24, 2.45) is 5.92 Å². The summed E-state index contributed by atoms with van der Waals surface area (Å²) in [7, 11) is 6.53. The van der Waals surface area contributed by atoms with Crippen LogP contribution in [-0.4, -0.2) is 67.2 Å². The first-order valence-electron chi connectivity index (χ1n) is 13.6. The van der Waals surface area contributed by atoms with Crippen molar-refractivity contribution in [3.05, 3.63) is 59.5 Å². The third kappa shape index (κ3) is 8.21. The van der Waals surface area contributed by atoms with Crippen molar-refractivity contribution in [3.63, 3.8) is 0 Å². The number of likely N-dealkylation sites (tertiary alicyclic amines) is 1. The van der Waals surface area contributed by atoms with Gasteiger partial charge in [-0.15, -0.1) is 0 Å². The molecule has 36 heavy (non-hydrogen) atoms. The average Bonchev–Trinajstić information content (AvgIpc) is 2.90. The summed E-state index contributed by atoms with van der Waals surface area (Å²) in [5.41, 5.74) is 3.38. The van der Waals surface area contributed by atoms with E-state index in [0.29, 0.717) is 8.58 Å². The Labute approximate surface area is 222 Å². The maximum absolute atomic E-state index is 12.9. The Balaban J connectivity index is 0.000000694. The molecule has 3 aliphatic rings.